The van der Waals surface area contributed by atoms with Crippen molar-refractivity contribution in [2.45, 2.75) is 31.6 Å². The van der Waals surface area contributed by atoms with E-state index in [1.807, 2.05) is 12.1 Å². The summed E-state index contributed by atoms with van der Waals surface area (Å²) in [5.41, 5.74) is 9.77. The number of ether oxygens (including phenoxy) is 1. The van der Waals surface area contributed by atoms with E-state index in [4.69, 9.17) is 10.5 Å². The molecule has 0 bridgehead atoms. The molecule has 1 heterocycles. The predicted octanol–water partition coefficient (Wildman–Crippen LogP) is 3.40. The van der Waals surface area contributed by atoms with E-state index in [1.165, 1.54) is 23.3 Å². The van der Waals surface area contributed by atoms with Crippen molar-refractivity contribution in [2.24, 2.45) is 5.73 Å². The van der Waals surface area contributed by atoms with Crippen LogP contribution in [0.25, 0.3) is 0 Å². The Labute approximate surface area is 143 Å². The van der Waals surface area contributed by atoms with Gasteiger partial charge in [-0.2, -0.15) is 0 Å². The van der Waals surface area contributed by atoms with E-state index in [9.17, 15) is 4.39 Å². The lowest BCUT2D eigenvalue weighted by Gasteiger charge is -2.31. The van der Waals surface area contributed by atoms with Gasteiger partial charge in [-0.05, 0) is 67.9 Å². The molecule has 0 unspecified atom stereocenters. The number of nitrogens with two attached hydrogens (primary N) is 1. The van der Waals surface area contributed by atoms with Crippen LogP contribution in [0.1, 0.15) is 35.1 Å². The second-order valence-corrected chi connectivity index (χ2v) is 6.73. The van der Waals surface area contributed by atoms with Gasteiger partial charge in [-0.3, -0.25) is 0 Å². The highest BCUT2D eigenvalue weighted by atomic mass is 19.1. The highest BCUT2D eigenvalue weighted by Gasteiger charge is 2.41. The summed E-state index contributed by atoms with van der Waals surface area (Å²) in [5.74, 6) is -0.223. The first-order valence-electron chi connectivity index (χ1n) is 8.42. The van der Waals surface area contributed by atoms with Gasteiger partial charge in [0, 0.05) is 6.54 Å². The zero-order valence-electron chi connectivity index (χ0n) is 14.4. The second kappa shape index (κ2) is 7.01. The second-order valence-electron chi connectivity index (χ2n) is 6.73. The van der Waals surface area contributed by atoms with Crippen molar-refractivity contribution in [3.05, 3.63) is 70.5 Å². The molecule has 3 nitrogen and oxygen atoms in total. The molecule has 0 fully saturated rings. The van der Waals surface area contributed by atoms with Crippen LogP contribution in [0.15, 0.2) is 42.5 Å². The molecular formula is C20H25FN2O. The molecule has 1 atom stereocenters. The molecular weight excluding hydrogens is 303 g/mol. The number of fused-ring (bicyclic) bond motifs is 1. The van der Waals surface area contributed by atoms with Crippen LogP contribution in [0.2, 0.25) is 0 Å². The average Bonchev–Trinajstić information content (AvgIpc) is 2.94. The SMILES string of the molecule is CN(C)CCC[C@@]1(c2ccc(F)cc2)OCc2cc(CN)ccc21. The third-order valence-electron chi connectivity index (χ3n) is 4.76. The summed E-state index contributed by atoms with van der Waals surface area (Å²) in [4.78, 5) is 2.17. The van der Waals surface area contributed by atoms with E-state index in [1.54, 1.807) is 0 Å². The van der Waals surface area contributed by atoms with E-state index >= 15 is 0 Å². The van der Waals surface area contributed by atoms with Crippen LogP contribution in [0, 0.1) is 5.82 Å². The monoisotopic (exact) mass is 328 g/mol. The smallest absolute Gasteiger partial charge is 0.123 e. The number of rotatable bonds is 6. The molecule has 0 aliphatic carbocycles. The summed E-state index contributed by atoms with van der Waals surface area (Å²) in [6.45, 7) is 2.09. The summed E-state index contributed by atoms with van der Waals surface area (Å²) in [6, 6.07) is 13.0. The quantitative estimate of drug-likeness (QED) is 0.883. The predicted molar refractivity (Wildman–Crippen MR) is 94.1 cm³/mol. The van der Waals surface area contributed by atoms with Gasteiger partial charge in [0.15, 0.2) is 0 Å². The molecule has 3 rings (SSSR count). The Morgan fingerprint density at radius 3 is 2.58 bits per heavy atom. The third kappa shape index (κ3) is 3.22. The molecule has 0 amide bonds. The average molecular weight is 328 g/mol. The van der Waals surface area contributed by atoms with Gasteiger partial charge in [0.25, 0.3) is 0 Å². The molecule has 0 radical (unpaired) electrons. The number of halogens is 1. The summed E-state index contributed by atoms with van der Waals surface area (Å²) < 4.78 is 19.7. The standard InChI is InChI=1S/C20H25FN2O/c1-23(2)11-3-10-20(17-5-7-18(21)8-6-17)19-9-4-15(13-22)12-16(19)14-24-20/h4-9,12H,3,10-11,13-14,22H2,1-2H3/t20-/m0/s1. The van der Waals surface area contributed by atoms with Crippen molar-refractivity contribution in [3.63, 3.8) is 0 Å². The van der Waals surface area contributed by atoms with E-state index in [0.29, 0.717) is 13.2 Å². The largest absolute Gasteiger partial charge is 0.361 e. The minimum absolute atomic E-state index is 0.223. The fraction of sp³-hybridized carbons (Fsp3) is 0.400. The van der Waals surface area contributed by atoms with Gasteiger partial charge in [-0.15, -0.1) is 0 Å². The molecule has 0 spiro atoms. The van der Waals surface area contributed by atoms with Gasteiger partial charge in [-0.25, -0.2) is 4.39 Å². The molecule has 4 heteroatoms. The van der Waals surface area contributed by atoms with Crippen molar-refractivity contribution in [1.82, 2.24) is 4.90 Å². The lowest BCUT2D eigenvalue weighted by molar-refractivity contribution is -0.0140. The molecule has 2 aromatic carbocycles. The lowest BCUT2D eigenvalue weighted by Crippen LogP contribution is -2.28. The Morgan fingerprint density at radius 1 is 1.17 bits per heavy atom. The number of benzene rings is 2. The van der Waals surface area contributed by atoms with E-state index in [-0.39, 0.29) is 5.82 Å². The maximum atomic E-state index is 13.4. The van der Waals surface area contributed by atoms with Crippen LogP contribution >= 0.6 is 0 Å². The Bertz CT molecular complexity index is 699. The van der Waals surface area contributed by atoms with Crippen LogP contribution in [-0.4, -0.2) is 25.5 Å². The molecule has 24 heavy (non-hydrogen) atoms. The minimum Gasteiger partial charge on any atom is -0.361 e. The fourth-order valence-corrected chi connectivity index (χ4v) is 3.52. The fourth-order valence-electron chi connectivity index (χ4n) is 3.52. The van der Waals surface area contributed by atoms with E-state index in [0.717, 1.165) is 30.5 Å². The molecule has 1 aliphatic rings. The molecule has 2 N–H and O–H groups in total. The van der Waals surface area contributed by atoms with Crippen molar-refractivity contribution in [2.75, 3.05) is 20.6 Å². The first-order chi connectivity index (χ1) is 11.5. The minimum atomic E-state index is -0.494. The van der Waals surface area contributed by atoms with E-state index < -0.39 is 5.60 Å². The number of hydrogen-bond donors (Lipinski definition) is 1. The van der Waals surface area contributed by atoms with Gasteiger partial charge in [-0.1, -0.05) is 30.3 Å². The zero-order valence-corrected chi connectivity index (χ0v) is 14.4. The van der Waals surface area contributed by atoms with Gasteiger partial charge >= 0.3 is 0 Å². The normalized spacial score (nSPS) is 19.7. The Hall–Kier alpha value is -1.75. The van der Waals surface area contributed by atoms with Gasteiger partial charge < -0.3 is 15.4 Å². The Kier molecular flexibility index (Phi) is 4.99. The van der Waals surface area contributed by atoms with E-state index in [2.05, 4.69) is 37.2 Å². The summed E-state index contributed by atoms with van der Waals surface area (Å²) in [5, 5.41) is 0. The first-order valence-corrected chi connectivity index (χ1v) is 8.42. The van der Waals surface area contributed by atoms with Crippen LogP contribution < -0.4 is 5.73 Å². The van der Waals surface area contributed by atoms with Gasteiger partial charge in [0.05, 0.1) is 6.61 Å². The highest BCUT2D eigenvalue weighted by Crippen LogP contribution is 2.45. The zero-order chi connectivity index (χ0) is 17.2. The van der Waals surface area contributed by atoms with Crippen molar-refractivity contribution < 1.29 is 9.13 Å². The van der Waals surface area contributed by atoms with Crippen LogP contribution in [0.5, 0.6) is 0 Å². The third-order valence-corrected chi connectivity index (χ3v) is 4.76. The summed E-state index contributed by atoms with van der Waals surface area (Å²) >= 11 is 0. The van der Waals surface area contributed by atoms with Crippen LogP contribution in [0.4, 0.5) is 4.39 Å². The van der Waals surface area contributed by atoms with Crippen LogP contribution in [0.3, 0.4) is 0 Å². The maximum absolute atomic E-state index is 13.4. The van der Waals surface area contributed by atoms with Crippen molar-refractivity contribution in [1.29, 1.82) is 0 Å². The Balaban J connectivity index is 2.00. The molecule has 0 saturated heterocycles. The summed E-state index contributed by atoms with van der Waals surface area (Å²) in [6.07, 6.45) is 1.87. The molecule has 128 valence electrons. The maximum Gasteiger partial charge on any atom is 0.123 e. The highest BCUT2D eigenvalue weighted by molar-refractivity contribution is 5.45. The van der Waals surface area contributed by atoms with Gasteiger partial charge in [0.1, 0.15) is 11.4 Å². The van der Waals surface area contributed by atoms with Crippen LogP contribution in [-0.2, 0) is 23.5 Å². The molecule has 1 aliphatic heterocycles. The number of nitrogens with zero attached hydrogens (tertiary/aromatic N) is 1. The molecule has 0 aromatic heterocycles. The van der Waals surface area contributed by atoms with Gasteiger partial charge in [0.2, 0.25) is 0 Å². The topological polar surface area (TPSA) is 38.5 Å². The first kappa shape index (κ1) is 17.1. The van der Waals surface area contributed by atoms with Crippen molar-refractivity contribution >= 4 is 0 Å². The summed E-state index contributed by atoms with van der Waals surface area (Å²) in [7, 11) is 4.14. The lowest BCUT2D eigenvalue weighted by atomic mass is 9.81. The molecule has 2 aromatic rings. The number of hydrogen-bond acceptors (Lipinski definition) is 3. The van der Waals surface area contributed by atoms with Crippen molar-refractivity contribution in [3.8, 4) is 0 Å². The Morgan fingerprint density at radius 2 is 1.92 bits per heavy atom. The molecule has 0 saturated carbocycles.